The first kappa shape index (κ1) is 30.0. The van der Waals surface area contributed by atoms with Gasteiger partial charge in [0.15, 0.2) is 5.96 Å². The molecule has 5 rings (SSSR count). The third-order valence-corrected chi connectivity index (χ3v) is 7.36. The number of hydrogen-bond donors (Lipinski definition) is 4. The molecular formula is C36H36N6O2. The van der Waals surface area contributed by atoms with Gasteiger partial charge in [-0.2, -0.15) is 0 Å². The Hall–Kier alpha value is -5.47. The Kier molecular flexibility index (Phi) is 9.64. The number of rotatable bonds is 11. The van der Waals surface area contributed by atoms with Gasteiger partial charge in [0.05, 0.1) is 6.54 Å². The fraction of sp³-hybridized carbons (Fsp3) is 0.139. The number of aliphatic imine (C=N–C) groups is 1. The Morgan fingerprint density at radius 2 is 1.48 bits per heavy atom. The van der Waals surface area contributed by atoms with E-state index in [0.717, 1.165) is 38.6 Å². The van der Waals surface area contributed by atoms with E-state index in [2.05, 4.69) is 34.6 Å². The Balaban J connectivity index is 1.50. The van der Waals surface area contributed by atoms with Crippen LogP contribution in [-0.2, 0) is 19.6 Å². The lowest BCUT2D eigenvalue weighted by Crippen LogP contribution is -2.30. The monoisotopic (exact) mass is 584 g/mol. The minimum Gasteiger partial charge on any atom is -0.370 e. The Morgan fingerprint density at radius 3 is 2.32 bits per heavy atom. The Bertz CT molecular complexity index is 1810. The zero-order valence-electron chi connectivity index (χ0n) is 24.4. The Morgan fingerprint density at radius 1 is 0.750 bits per heavy atom. The van der Waals surface area contributed by atoms with Crippen LogP contribution >= 0.6 is 0 Å². The van der Waals surface area contributed by atoms with Crippen molar-refractivity contribution in [1.29, 1.82) is 0 Å². The zero-order valence-corrected chi connectivity index (χ0v) is 24.4. The number of fused-ring (bicyclic) bond motifs is 1. The number of carbonyl (C=O) groups is 2. The summed E-state index contributed by atoms with van der Waals surface area (Å²) in [5.74, 6) is -0.293. The highest BCUT2D eigenvalue weighted by Gasteiger charge is 2.19. The van der Waals surface area contributed by atoms with Crippen molar-refractivity contribution in [3.8, 4) is 11.1 Å². The normalized spacial score (nSPS) is 10.8. The number of benzene rings is 5. The number of nitrogens with two attached hydrogens (primary N) is 3. The first-order chi connectivity index (χ1) is 21.4. The van der Waals surface area contributed by atoms with Crippen molar-refractivity contribution in [3.63, 3.8) is 0 Å². The lowest BCUT2D eigenvalue weighted by molar-refractivity contribution is 0.0730. The predicted octanol–water partition coefficient (Wildman–Crippen LogP) is 4.81. The van der Waals surface area contributed by atoms with Gasteiger partial charge in [-0.15, -0.1) is 0 Å². The fourth-order valence-electron chi connectivity index (χ4n) is 5.27. The molecule has 0 saturated carbocycles. The van der Waals surface area contributed by atoms with E-state index in [9.17, 15) is 9.59 Å². The van der Waals surface area contributed by atoms with E-state index >= 15 is 0 Å². The maximum Gasteiger partial charge on any atom is 0.254 e. The summed E-state index contributed by atoms with van der Waals surface area (Å²) in [6.45, 7) is 1.80. The first-order valence-electron chi connectivity index (χ1n) is 14.5. The van der Waals surface area contributed by atoms with Crippen LogP contribution in [0, 0.1) is 0 Å². The van der Waals surface area contributed by atoms with Crippen LogP contribution in [0.1, 0.15) is 37.4 Å². The second-order valence-corrected chi connectivity index (χ2v) is 10.5. The molecule has 0 aliphatic heterocycles. The second kappa shape index (κ2) is 14.1. The third kappa shape index (κ3) is 7.29. The number of amides is 2. The van der Waals surface area contributed by atoms with E-state index in [4.69, 9.17) is 17.2 Å². The van der Waals surface area contributed by atoms with E-state index in [1.54, 1.807) is 6.07 Å². The minimum absolute atomic E-state index is 0.00220. The molecular weight excluding hydrogens is 548 g/mol. The molecule has 0 radical (unpaired) electrons. The highest BCUT2D eigenvalue weighted by atomic mass is 16.2. The van der Waals surface area contributed by atoms with Gasteiger partial charge in [0.1, 0.15) is 0 Å². The topological polar surface area (TPSA) is 140 Å². The van der Waals surface area contributed by atoms with Crippen molar-refractivity contribution in [2.75, 3.05) is 13.1 Å². The molecule has 5 aromatic rings. The molecule has 0 aromatic heterocycles. The van der Waals surface area contributed by atoms with Crippen molar-refractivity contribution >= 4 is 28.5 Å². The van der Waals surface area contributed by atoms with E-state index in [-0.39, 0.29) is 24.3 Å². The van der Waals surface area contributed by atoms with Crippen LogP contribution in [0.3, 0.4) is 0 Å². The van der Waals surface area contributed by atoms with Crippen LogP contribution < -0.4 is 22.5 Å². The van der Waals surface area contributed by atoms with Gasteiger partial charge in [-0.05, 0) is 62.9 Å². The Labute approximate surface area is 257 Å². The summed E-state index contributed by atoms with van der Waals surface area (Å²) in [6.07, 6.45) is 0. The molecule has 0 saturated heterocycles. The summed E-state index contributed by atoms with van der Waals surface area (Å²) >= 11 is 0. The molecule has 0 spiro atoms. The van der Waals surface area contributed by atoms with E-state index in [0.29, 0.717) is 37.3 Å². The van der Waals surface area contributed by atoms with Crippen molar-refractivity contribution in [2.45, 2.75) is 19.6 Å². The summed E-state index contributed by atoms with van der Waals surface area (Å²) in [6, 6.07) is 37.1. The van der Waals surface area contributed by atoms with Crippen LogP contribution in [0.4, 0.5) is 0 Å². The largest absolute Gasteiger partial charge is 0.370 e. The average Bonchev–Trinajstić information content (AvgIpc) is 3.06. The van der Waals surface area contributed by atoms with Crippen molar-refractivity contribution in [2.24, 2.45) is 22.2 Å². The molecule has 0 atom stereocenters. The molecule has 8 heteroatoms. The van der Waals surface area contributed by atoms with Gasteiger partial charge in [0.25, 0.3) is 11.8 Å². The lowest BCUT2D eigenvalue weighted by atomic mass is 9.97. The molecule has 2 amide bonds. The van der Waals surface area contributed by atoms with E-state index in [1.807, 2.05) is 89.8 Å². The van der Waals surface area contributed by atoms with Gasteiger partial charge in [-0.3, -0.25) is 9.59 Å². The smallest absolute Gasteiger partial charge is 0.254 e. The van der Waals surface area contributed by atoms with E-state index in [1.165, 1.54) is 0 Å². The predicted molar refractivity (Wildman–Crippen MR) is 177 cm³/mol. The number of hydrogen-bond acceptors (Lipinski definition) is 4. The molecule has 5 aromatic carbocycles. The SMILES string of the molecule is NCCNC(=O)c1ccccc1-c1cccc(CN(Cc2cccc3ccccc23)C(=O)c2cccc(CN=C(N)N)c2)c1. The molecule has 0 aliphatic rings. The van der Waals surface area contributed by atoms with Crippen LogP contribution in [0.2, 0.25) is 0 Å². The van der Waals surface area contributed by atoms with Crippen LogP contribution in [0.5, 0.6) is 0 Å². The van der Waals surface area contributed by atoms with E-state index < -0.39 is 0 Å². The zero-order chi connectivity index (χ0) is 30.9. The van der Waals surface area contributed by atoms with Gasteiger partial charge in [-0.25, -0.2) is 4.99 Å². The van der Waals surface area contributed by atoms with Gasteiger partial charge in [-0.1, -0.05) is 91.0 Å². The summed E-state index contributed by atoms with van der Waals surface area (Å²) in [4.78, 5) is 33.0. The maximum absolute atomic E-state index is 14.2. The fourth-order valence-corrected chi connectivity index (χ4v) is 5.27. The van der Waals surface area contributed by atoms with Crippen LogP contribution in [-0.4, -0.2) is 35.8 Å². The summed E-state index contributed by atoms with van der Waals surface area (Å²) < 4.78 is 0. The number of carbonyl (C=O) groups excluding carboxylic acids is 2. The molecule has 44 heavy (non-hydrogen) atoms. The molecule has 0 bridgehead atoms. The standard InChI is InChI=1S/C36H36N6O2/c37-18-19-40-34(43)33-17-4-3-16-32(33)28-12-6-9-26(21-28)23-42(24-30-14-7-11-27-10-1-2-15-31(27)30)35(44)29-13-5-8-25(20-29)22-41-36(38)39/h1-17,20-21H,18-19,22-24,37H2,(H,40,43)(H4,38,39,41). The highest BCUT2D eigenvalue weighted by molar-refractivity contribution is 6.01. The number of nitrogens with one attached hydrogen (secondary N) is 1. The maximum atomic E-state index is 14.2. The molecule has 7 N–H and O–H groups in total. The number of guanidine groups is 1. The first-order valence-corrected chi connectivity index (χ1v) is 14.5. The van der Waals surface area contributed by atoms with Crippen molar-refractivity contribution in [3.05, 3.63) is 143 Å². The van der Waals surface area contributed by atoms with Crippen LogP contribution in [0.15, 0.2) is 120 Å². The highest BCUT2D eigenvalue weighted by Crippen LogP contribution is 2.27. The van der Waals surface area contributed by atoms with Gasteiger partial charge in [0.2, 0.25) is 0 Å². The molecule has 0 heterocycles. The van der Waals surface area contributed by atoms with Crippen molar-refractivity contribution < 1.29 is 9.59 Å². The summed E-state index contributed by atoms with van der Waals surface area (Å²) in [5, 5.41) is 5.07. The van der Waals surface area contributed by atoms with Gasteiger partial charge < -0.3 is 27.4 Å². The quantitative estimate of drug-likeness (QED) is 0.130. The average molecular weight is 585 g/mol. The molecule has 222 valence electrons. The second-order valence-electron chi connectivity index (χ2n) is 10.5. The lowest BCUT2D eigenvalue weighted by Gasteiger charge is -2.25. The number of nitrogens with zero attached hydrogens (tertiary/aromatic N) is 2. The molecule has 0 unspecified atom stereocenters. The summed E-state index contributed by atoms with van der Waals surface area (Å²) in [7, 11) is 0. The van der Waals surface area contributed by atoms with Crippen molar-refractivity contribution in [1.82, 2.24) is 10.2 Å². The molecule has 8 nitrogen and oxygen atoms in total. The molecule has 0 aliphatic carbocycles. The third-order valence-electron chi connectivity index (χ3n) is 7.36. The van der Waals surface area contributed by atoms with Gasteiger partial charge >= 0.3 is 0 Å². The van der Waals surface area contributed by atoms with Crippen LogP contribution in [0.25, 0.3) is 21.9 Å². The van der Waals surface area contributed by atoms with Gasteiger partial charge in [0, 0.05) is 37.3 Å². The minimum atomic E-state index is -0.176. The molecule has 0 fully saturated rings. The summed E-state index contributed by atoms with van der Waals surface area (Å²) in [5.41, 5.74) is 22.3.